The highest BCUT2D eigenvalue weighted by Crippen LogP contribution is 2.38. The number of benzene rings is 4. The third-order valence-electron chi connectivity index (χ3n) is 13.6. The van der Waals surface area contributed by atoms with Gasteiger partial charge < -0.3 is 39.0 Å². The van der Waals surface area contributed by atoms with E-state index < -0.39 is 35.2 Å². The average Bonchev–Trinajstić information content (AvgIpc) is 4.12. The predicted molar refractivity (Wildman–Crippen MR) is 275 cm³/mol. The van der Waals surface area contributed by atoms with Gasteiger partial charge in [-0.15, -0.1) is 11.3 Å². The molecule has 2 saturated heterocycles. The largest absolute Gasteiger partial charge is 0.382 e. The van der Waals surface area contributed by atoms with Gasteiger partial charge in [0, 0.05) is 74.2 Å². The molecule has 4 aliphatic heterocycles. The minimum Gasteiger partial charge on any atom is -0.382 e. The Bertz CT molecular complexity index is 2860. The van der Waals surface area contributed by atoms with E-state index in [1.165, 1.54) is 18.3 Å². The zero-order valence-corrected chi connectivity index (χ0v) is 41.9. The summed E-state index contributed by atoms with van der Waals surface area (Å²) in [5.74, 6) is -2.73. The van der Waals surface area contributed by atoms with E-state index in [9.17, 15) is 33.6 Å². The van der Waals surface area contributed by atoms with Gasteiger partial charge in [-0.3, -0.25) is 49.1 Å². The molecule has 386 valence electrons. The van der Waals surface area contributed by atoms with Gasteiger partial charge >= 0.3 is 0 Å². The van der Waals surface area contributed by atoms with Crippen LogP contribution in [-0.4, -0.2) is 152 Å². The summed E-state index contributed by atoms with van der Waals surface area (Å²) < 4.78 is 22.5. The summed E-state index contributed by atoms with van der Waals surface area (Å²) in [6, 6.07) is 27.5. The number of piperidine rings is 1. The third kappa shape index (κ3) is 11.5. The summed E-state index contributed by atoms with van der Waals surface area (Å²) in [6.45, 7) is 7.55. The Morgan fingerprint density at radius 3 is 2.12 bits per heavy atom. The van der Waals surface area contributed by atoms with E-state index in [1.807, 2.05) is 65.6 Å². The van der Waals surface area contributed by atoms with E-state index in [0.717, 1.165) is 32.8 Å². The number of ether oxygens (including phenoxy) is 4. The van der Waals surface area contributed by atoms with Gasteiger partial charge in [0.2, 0.25) is 11.8 Å². The van der Waals surface area contributed by atoms with Crippen LogP contribution in [0, 0.1) is 0 Å². The second-order valence-corrected chi connectivity index (χ2v) is 19.2. The zero-order chi connectivity index (χ0) is 51.6. The molecule has 20 heteroatoms. The number of hydrogen-bond donors (Lipinski definition) is 3. The smallest absolute Gasteiger partial charge is 0.264 e. The summed E-state index contributed by atoms with van der Waals surface area (Å²) >= 11 is 1.32. The van der Waals surface area contributed by atoms with E-state index in [4.69, 9.17) is 18.9 Å². The predicted octanol–water partition coefficient (Wildman–Crippen LogP) is 5.15. The normalized spacial score (nSPS) is 17.9. The molecule has 4 aromatic carbocycles. The van der Waals surface area contributed by atoms with Crippen molar-refractivity contribution in [2.75, 3.05) is 101 Å². The van der Waals surface area contributed by atoms with Crippen molar-refractivity contribution in [1.82, 2.24) is 25.0 Å². The summed E-state index contributed by atoms with van der Waals surface area (Å²) in [7, 11) is 0. The monoisotopic (exact) mass is 1030 g/mol. The Labute approximate surface area is 432 Å². The number of carbonyl (C=O) groups is 7. The summed E-state index contributed by atoms with van der Waals surface area (Å²) in [5.41, 5.74) is 4.47. The Hall–Kier alpha value is -7.36. The molecule has 2 unspecified atom stereocenters. The van der Waals surface area contributed by atoms with Gasteiger partial charge in [0.1, 0.15) is 11.6 Å². The number of nitrogens with zero attached hydrogens (tertiary/aromatic N) is 5. The fraction of sp³-hybridized carbons (Fsp3) is 0.370. The number of hydrogen-bond acceptors (Lipinski definition) is 15. The second-order valence-electron chi connectivity index (χ2n) is 18.3. The summed E-state index contributed by atoms with van der Waals surface area (Å²) in [5, 5.41) is 10.5. The highest BCUT2D eigenvalue weighted by atomic mass is 32.1. The van der Waals surface area contributed by atoms with Crippen LogP contribution >= 0.6 is 11.3 Å². The molecule has 2 fully saturated rings. The molecule has 0 spiro atoms. The lowest BCUT2D eigenvalue weighted by Crippen LogP contribution is -2.62. The minimum absolute atomic E-state index is 0.0309. The molecule has 0 saturated carbocycles. The van der Waals surface area contributed by atoms with Crippen molar-refractivity contribution >= 4 is 69.2 Å². The second kappa shape index (κ2) is 23.7. The lowest BCUT2D eigenvalue weighted by Gasteiger charge is -2.38. The first-order valence-corrected chi connectivity index (χ1v) is 25.6. The fourth-order valence-corrected chi connectivity index (χ4v) is 10.1. The molecule has 4 aliphatic rings. The summed E-state index contributed by atoms with van der Waals surface area (Å²) in [6.07, 6.45) is 2.00. The van der Waals surface area contributed by atoms with Crippen LogP contribution in [0.2, 0.25) is 0 Å². The van der Waals surface area contributed by atoms with Crippen LogP contribution in [0.25, 0.3) is 11.1 Å². The molecule has 7 amide bonds. The maximum Gasteiger partial charge on any atom is 0.264 e. The van der Waals surface area contributed by atoms with Crippen molar-refractivity contribution in [2.45, 2.75) is 44.3 Å². The third-order valence-corrected chi connectivity index (χ3v) is 14.3. The van der Waals surface area contributed by atoms with Crippen LogP contribution in [0.15, 0.2) is 103 Å². The van der Waals surface area contributed by atoms with E-state index >= 15 is 0 Å². The van der Waals surface area contributed by atoms with Gasteiger partial charge in [0.05, 0.1) is 70.4 Å². The molecule has 0 bridgehead atoms. The van der Waals surface area contributed by atoms with Crippen molar-refractivity contribution in [3.05, 3.63) is 130 Å². The molecule has 19 nitrogen and oxygen atoms in total. The van der Waals surface area contributed by atoms with Crippen molar-refractivity contribution in [3.63, 3.8) is 0 Å². The van der Waals surface area contributed by atoms with Gasteiger partial charge in [-0.25, -0.2) is 4.98 Å². The highest BCUT2D eigenvalue weighted by molar-refractivity contribution is 7.13. The number of thiazole rings is 1. The Balaban J connectivity index is 0.614. The number of fused-ring (bicyclic) bond motifs is 2. The molecule has 3 N–H and O–H groups in total. The maximum atomic E-state index is 14.0. The van der Waals surface area contributed by atoms with Gasteiger partial charge in [-0.1, -0.05) is 60.7 Å². The standard InChI is InChI=1S/C54H58N8O11S/c1-54(18-16-44(63)57-52(54)69)62-50(67)41-8-5-9-43(46(41)51(62)68)55-19-26-71-28-30-73-32-31-72-29-27-70-25-17-45(64)60-23-21-59(22-24-60)40-14-12-36(13-15-40)38-10-11-39-35-61(49(66)42(39)34-38)47(37-6-3-2-4-7-37)48(65)58-53-56-20-33-74-53/h2-15,20,33-34,47,55H,16-19,21-32,35H2,1H3,(H,56,58,65)(H,57,63,69). The van der Waals surface area contributed by atoms with Gasteiger partial charge in [-0.05, 0) is 65.9 Å². The topological polar surface area (TPSA) is 218 Å². The average molecular weight is 1030 g/mol. The lowest BCUT2D eigenvalue weighted by atomic mass is 9.89. The van der Waals surface area contributed by atoms with Gasteiger partial charge in [-0.2, -0.15) is 0 Å². The number of nitrogens with one attached hydrogen (secondary N) is 3. The molecular weight excluding hydrogens is 969 g/mol. The van der Waals surface area contributed by atoms with Crippen molar-refractivity contribution in [2.24, 2.45) is 0 Å². The molecule has 2 atom stereocenters. The van der Waals surface area contributed by atoms with Crippen molar-refractivity contribution < 1.29 is 52.5 Å². The van der Waals surface area contributed by atoms with Gasteiger partial charge in [0.15, 0.2) is 5.13 Å². The molecule has 5 aromatic rings. The molecule has 5 heterocycles. The highest BCUT2D eigenvalue weighted by Gasteiger charge is 2.53. The maximum absolute atomic E-state index is 14.0. The number of piperazine rings is 1. The van der Waals surface area contributed by atoms with E-state index in [-0.39, 0.29) is 48.1 Å². The molecular formula is C54H58N8O11S. The van der Waals surface area contributed by atoms with E-state index in [0.29, 0.717) is 109 Å². The van der Waals surface area contributed by atoms with Crippen molar-refractivity contribution in [3.8, 4) is 11.1 Å². The first-order valence-electron chi connectivity index (χ1n) is 24.7. The first-order chi connectivity index (χ1) is 36.0. The van der Waals surface area contributed by atoms with Gasteiger partial charge in [0.25, 0.3) is 29.5 Å². The number of amides is 7. The molecule has 1 aromatic heterocycles. The lowest BCUT2D eigenvalue weighted by molar-refractivity contribution is -0.141. The quantitative estimate of drug-likeness (QED) is 0.0570. The molecule has 0 aliphatic carbocycles. The van der Waals surface area contributed by atoms with Crippen LogP contribution in [0.4, 0.5) is 16.5 Å². The number of imide groups is 2. The van der Waals surface area contributed by atoms with Crippen molar-refractivity contribution in [1.29, 1.82) is 0 Å². The summed E-state index contributed by atoms with van der Waals surface area (Å²) in [4.78, 5) is 103. The Morgan fingerprint density at radius 1 is 0.743 bits per heavy atom. The van der Waals surface area contributed by atoms with Crippen LogP contribution in [0.3, 0.4) is 0 Å². The van der Waals surface area contributed by atoms with Crippen LogP contribution in [0.1, 0.15) is 74.4 Å². The number of aromatic nitrogens is 1. The van der Waals surface area contributed by atoms with Crippen LogP contribution in [0.5, 0.6) is 0 Å². The number of anilines is 3. The Morgan fingerprint density at radius 2 is 1.43 bits per heavy atom. The molecule has 74 heavy (non-hydrogen) atoms. The molecule has 9 rings (SSSR count). The molecule has 0 radical (unpaired) electrons. The zero-order valence-electron chi connectivity index (χ0n) is 41.0. The van der Waals surface area contributed by atoms with Crippen LogP contribution < -0.4 is 20.9 Å². The Kier molecular flexibility index (Phi) is 16.5. The van der Waals surface area contributed by atoms with E-state index in [1.54, 1.807) is 34.7 Å². The SMILES string of the molecule is CC1(N2C(=O)c3cccc(NCCOCCOCCOCCOCCC(=O)N4CCN(c5ccc(-c6ccc7c(c6)C(=O)N(C(C(=O)Nc6nccs6)c6ccccc6)C7)cc5)CC4)c3C2=O)CCC(=O)NC1=O. The van der Waals surface area contributed by atoms with Crippen LogP contribution in [-0.2, 0) is 44.7 Å². The fourth-order valence-electron chi connectivity index (χ4n) is 9.58. The van der Waals surface area contributed by atoms with E-state index in [2.05, 4.69) is 38.0 Å². The minimum atomic E-state index is -1.46. The number of rotatable bonds is 23. The number of carbonyl (C=O) groups excluding carboxylic acids is 7. The first kappa shape index (κ1) is 51.5.